The van der Waals surface area contributed by atoms with Gasteiger partial charge in [-0.1, -0.05) is 36.4 Å². The highest BCUT2D eigenvalue weighted by Crippen LogP contribution is 2.26. The molecule has 4 heteroatoms. The predicted molar refractivity (Wildman–Crippen MR) is 88.3 cm³/mol. The van der Waals surface area contributed by atoms with E-state index in [4.69, 9.17) is 4.42 Å². The van der Waals surface area contributed by atoms with Crippen LogP contribution in [0.25, 0.3) is 16.7 Å². The van der Waals surface area contributed by atoms with E-state index in [9.17, 15) is 4.39 Å². The molecular weight excluding hydrogens is 291 g/mol. The van der Waals surface area contributed by atoms with Gasteiger partial charge in [-0.2, -0.15) is 0 Å². The molecule has 0 bridgehead atoms. The second-order valence-electron chi connectivity index (χ2n) is 5.79. The van der Waals surface area contributed by atoms with E-state index >= 15 is 0 Å². The van der Waals surface area contributed by atoms with Crippen molar-refractivity contribution < 1.29 is 8.81 Å². The van der Waals surface area contributed by atoms with Gasteiger partial charge in [-0.05, 0) is 24.6 Å². The molecule has 0 saturated carbocycles. The molecule has 0 N–H and O–H groups in total. The third kappa shape index (κ3) is 2.90. The Bertz CT molecular complexity index is 835. The van der Waals surface area contributed by atoms with Crippen LogP contribution in [-0.2, 0) is 6.54 Å². The van der Waals surface area contributed by atoms with Crippen molar-refractivity contribution in [3.05, 3.63) is 71.9 Å². The van der Waals surface area contributed by atoms with Gasteiger partial charge in [0.05, 0.1) is 0 Å². The van der Waals surface area contributed by atoms with Crippen LogP contribution < -0.4 is 0 Å². The highest BCUT2D eigenvalue weighted by molar-refractivity contribution is 5.75. The number of hydrogen-bond donors (Lipinski definition) is 0. The summed E-state index contributed by atoms with van der Waals surface area (Å²) in [5.41, 5.74) is 3.58. The van der Waals surface area contributed by atoms with Crippen molar-refractivity contribution in [3.8, 4) is 0 Å². The Morgan fingerprint density at radius 1 is 1.09 bits per heavy atom. The summed E-state index contributed by atoms with van der Waals surface area (Å²) >= 11 is 0. The highest BCUT2D eigenvalue weighted by Gasteiger charge is 2.18. The Labute approximate surface area is 134 Å². The van der Waals surface area contributed by atoms with E-state index in [1.54, 1.807) is 6.07 Å². The van der Waals surface area contributed by atoms with E-state index in [-0.39, 0.29) is 5.82 Å². The minimum atomic E-state index is -0.138. The second kappa shape index (κ2) is 5.97. The SMILES string of the molecule is Fc1ccccc1CN1CC=C(c2nc3ccccc3o2)CC1. The zero-order valence-corrected chi connectivity index (χ0v) is 12.7. The van der Waals surface area contributed by atoms with Gasteiger partial charge in [0.25, 0.3) is 0 Å². The van der Waals surface area contributed by atoms with Gasteiger partial charge in [-0.15, -0.1) is 0 Å². The van der Waals surface area contributed by atoms with Crippen LogP contribution in [-0.4, -0.2) is 23.0 Å². The van der Waals surface area contributed by atoms with Crippen molar-refractivity contribution in [1.29, 1.82) is 0 Å². The van der Waals surface area contributed by atoms with E-state index in [2.05, 4.69) is 16.0 Å². The van der Waals surface area contributed by atoms with Crippen molar-refractivity contribution >= 4 is 16.7 Å². The molecule has 0 amide bonds. The summed E-state index contributed by atoms with van der Waals surface area (Å²) < 4.78 is 19.6. The fraction of sp³-hybridized carbons (Fsp3) is 0.211. The third-order valence-electron chi connectivity index (χ3n) is 4.21. The monoisotopic (exact) mass is 308 g/mol. The normalized spacial score (nSPS) is 15.8. The molecule has 0 unspecified atom stereocenters. The Hall–Kier alpha value is -2.46. The number of rotatable bonds is 3. The smallest absolute Gasteiger partial charge is 0.222 e. The fourth-order valence-electron chi connectivity index (χ4n) is 2.93. The molecule has 0 spiro atoms. The van der Waals surface area contributed by atoms with Crippen LogP contribution in [0.5, 0.6) is 0 Å². The number of fused-ring (bicyclic) bond motifs is 1. The lowest BCUT2D eigenvalue weighted by Gasteiger charge is -2.25. The van der Waals surface area contributed by atoms with E-state index in [0.717, 1.165) is 41.7 Å². The summed E-state index contributed by atoms with van der Waals surface area (Å²) in [5, 5.41) is 0. The van der Waals surface area contributed by atoms with Gasteiger partial charge in [-0.3, -0.25) is 4.90 Å². The van der Waals surface area contributed by atoms with Crippen LogP contribution in [0.2, 0.25) is 0 Å². The van der Waals surface area contributed by atoms with E-state index < -0.39 is 0 Å². The summed E-state index contributed by atoms with van der Waals surface area (Å²) in [4.78, 5) is 6.77. The van der Waals surface area contributed by atoms with E-state index in [1.165, 1.54) is 6.07 Å². The Morgan fingerprint density at radius 3 is 2.70 bits per heavy atom. The first-order valence-electron chi connectivity index (χ1n) is 7.80. The quantitative estimate of drug-likeness (QED) is 0.724. The van der Waals surface area contributed by atoms with Gasteiger partial charge in [0.1, 0.15) is 11.3 Å². The molecule has 1 aliphatic rings. The van der Waals surface area contributed by atoms with Crippen LogP contribution in [0.15, 0.2) is 59.0 Å². The van der Waals surface area contributed by atoms with Crippen LogP contribution in [0.3, 0.4) is 0 Å². The predicted octanol–water partition coefficient (Wildman–Crippen LogP) is 4.26. The Balaban J connectivity index is 1.49. The van der Waals surface area contributed by atoms with Gasteiger partial charge in [0, 0.05) is 30.8 Å². The number of oxazole rings is 1. The molecule has 0 fully saturated rings. The molecule has 116 valence electrons. The lowest BCUT2D eigenvalue weighted by atomic mass is 10.1. The van der Waals surface area contributed by atoms with Gasteiger partial charge in [-0.25, -0.2) is 9.37 Å². The van der Waals surface area contributed by atoms with Crippen LogP contribution in [0.1, 0.15) is 17.9 Å². The highest BCUT2D eigenvalue weighted by atomic mass is 19.1. The number of benzene rings is 2. The summed E-state index contributed by atoms with van der Waals surface area (Å²) in [5.74, 6) is 0.568. The minimum absolute atomic E-state index is 0.138. The molecular formula is C19H17FN2O. The molecule has 0 radical (unpaired) electrons. The largest absolute Gasteiger partial charge is 0.436 e. The summed E-state index contributed by atoms with van der Waals surface area (Å²) in [7, 11) is 0. The number of nitrogens with zero attached hydrogens (tertiary/aromatic N) is 2. The van der Waals surface area contributed by atoms with Gasteiger partial charge in [0.15, 0.2) is 5.58 Å². The number of para-hydroxylation sites is 2. The second-order valence-corrected chi connectivity index (χ2v) is 5.79. The van der Waals surface area contributed by atoms with Crippen molar-refractivity contribution in [2.24, 2.45) is 0 Å². The maximum absolute atomic E-state index is 13.7. The molecule has 3 aromatic rings. The average molecular weight is 308 g/mol. The fourth-order valence-corrected chi connectivity index (χ4v) is 2.93. The molecule has 4 rings (SSSR count). The maximum atomic E-state index is 13.7. The molecule has 0 saturated heterocycles. The lowest BCUT2D eigenvalue weighted by molar-refractivity contribution is 0.288. The third-order valence-corrected chi connectivity index (χ3v) is 4.21. The molecule has 2 heterocycles. The molecule has 3 nitrogen and oxygen atoms in total. The number of halogens is 1. The minimum Gasteiger partial charge on any atom is -0.436 e. The van der Waals surface area contributed by atoms with E-state index in [0.29, 0.717) is 12.4 Å². The van der Waals surface area contributed by atoms with Gasteiger partial charge < -0.3 is 4.42 Å². The standard InChI is InChI=1S/C19H17FN2O/c20-16-6-2-1-5-15(16)13-22-11-9-14(10-12-22)19-21-17-7-3-4-8-18(17)23-19/h1-9H,10-13H2. The first-order chi connectivity index (χ1) is 11.3. The molecule has 0 aliphatic carbocycles. The zero-order chi connectivity index (χ0) is 15.6. The van der Waals surface area contributed by atoms with Crippen molar-refractivity contribution in [2.45, 2.75) is 13.0 Å². The lowest BCUT2D eigenvalue weighted by Crippen LogP contribution is -2.28. The molecule has 1 aliphatic heterocycles. The molecule has 2 aromatic carbocycles. The summed E-state index contributed by atoms with van der Waals surface area (Å²) in [6.45, 7) is 2.28. The molecule has 23 heavy (non-hydrogen) atoms. The van der Waals surface area contributed by atoms with Crippen LogP contribution in [0.4, 0.5) is 4.39 Å². The van der Waals surface area contributed by atoms with E-state index in [1.807, 2.05) is 36.4 Å². The van der Waals surface area contributed by atoms with Crippen molar-refractivity contribution in [2.75, 3.05) is 13.1 Å². The average Bonchev–Trinajstić information content (AvgIpc) is 3.02. The summed E-state index contributed by atoms with van der Waals surface area (Å²) in [6.07, 6.45) is 3.00. The summed E-state index contributed by atoms with van der Waals surface area (Å²) in [6, 6.07) is 14.7. The Kier molecular flexibility index (Phi) is 3.67. The van der Waals surface area contributed by atoms with Gasteiger partial charge in [0.2, 0.25) is 5.89 Å². The van der Waals surface area contributed by atoms with Gasteiger partial charge >= 0.3 is 0 Å². The van der Waals surface area contributed by atoms with Crippen molar-refractivity contribution in [3.63, 3.8) is 0 Å². The molecule has 1 aromatic heterocycles. The number of aromatic nitrogens is 1. The zero-order valence-electron chi connectivity index (χ0n) is 12.7. The first kappa shape index (κ1) is 14.2. The van der Waals surface area contributed by atoms with Crippen LogP contribution >= 0.6 is 0 Å². The Morgan fingerprint density at radius 2 is 1.91 bits per heavy atom. The van der Waals surface area contributed by atoms with Crippen LogP contribution in [0, 0.1) is 5.82 Å². The maximum Gasteiger partial charge on any atom is 0.222 e. The topological polar surface area (TPSA) is 29.3 Å². The molecule has 0 atom stereocenters. The number of hydrogen-bond acceptors (Lipinski definition) is 3. The first-order valence-corrected chi connectivity index (χ1v) is 7.80. The van der Waals surface area contributed by atoms with Crippen molar-refractivity contribution in [1.82, 2.24) is 9.88 Å².